The Morgan fingerprint density at radius 1 is 1.12 bits per heavy atom. The van der Waals surface area contributed by atoms with Crippen molar-refractivity contribution in [3.63, 3.8) is 0 Å². The molecular weight excluding hydrogens is 326 g/mol. The maximum Gasteiger partial charge on any atom is 0.166 e. The smallest absolute Gasteiger partial charge is 0.166 e. The van der Waals surface area contributed by atoms with Gasteiger partial charge in [-0.1, -0.05) is 35.9 Å². The van der Waals surface area contributed by atoms with Crippen molar-refractivity contribution in [2.24, 2.45) is 0 Å². The first-order valence-electron chi connectivity index (χ1n) is 8.11. The molecule has 1 unspecified atom stereocenters. The summed E-state index contributed by atoms with van der Waals surface area (Å²) < 4.78 is 11.7. The van der Waals surface area contributed by atoms with E-state index >= 15 is 0 Å². The number of rotatable bonds is 9. The lowest BCUT2D eigenvalue weighted by molar-refractivity contribution is 0.190. The van der Waals surface area contributed by atoms with Crippen molar-refractivity contribution in [1.29, 1.82) is 0 Å². The summed E-state index contributed by atoms with van der Waals surface area (Å²) in [5.41, 5.74) is 2.03. The van der Waals surface area contributed by atoms with Crippen LogP contribution in [0.2, 0.25) is 5.02 Å². The van der Waals surface area contributed by atoms with E-state index in [0.29, 0.717) is 31.3 Å². The fraction of sp³-hybridized carbons (Fsp3) is 0.368. The van der Waals surface area contributed by atoms with Crippen molar-refractivity contribution < 1.29 is 14.6 Å². The van der Waals surface area contributed by atoms with Crippen molar-refractivity contribution in [3.05, 3.63) is 58.6 Å². The summed E-state index contributed by atoms with van der Waals surface area (Å²) in [6.45, 7) is 5.83. The van der Waals surface area contributed by atoms with Gasteiger partial charge in [0.05, 0.1) is 12.7 Å². The molecule has 130 valence electrons. The maximum atomic E-state index is 9.38. The molecule has 4 nitrogen and oxygen atoms in total. The van der Waals surface area contributed by atoms with E-state index in [1.807, 2.05) is 49.4 Å². The Bertz CT molecular complexity index is 629. The third-order valence-electron chi connectivity index (χ3n) is 3.41. The van der Waals surface area contributed by atoms with E-state index < -0.39 is 6.10 Å². The molecule has 0 amide bonds. The Morgan fingerprint density at radius 2 is 1.88 bits per heavy atom. The van der Waals surface area contributed by atoms with Gasteiger partial charge in [-0.3, -0.25) is 0 Å². The minimum Gasteiger partial charge on any atom is -0.490 e. The highest BCUT2D eigenvalue weighted by atomic mass is 35.5. The van der Waals surface area contributed by atoms with Crippen LogP contribution in [-0.4, -0.2) is 24.4 Å². The van der Waals surface area contributed by atoms with Gasteiger partial charge < -0.3 is 19.9 Å². The number of ether oxygens (including phenoxy) is 2. The average Bonchev–Trinajstić information content (AvgIpc) is 2.55. The molecule has 0 heterocycles. The monoisotopic (exact) mass is 349 g/mol. The van der Waals surface area contributed by atoms with Crippen LogP contribution in [0.5, 0.6) is 11.5 Å². The lowest BCUT2D eigenvalue weighted by Crippen LogP contribution is -2.24. The van der Waals surface area contributed by atoms with Gasteiger partial charge in [-0.15, -0.1) is 0 Å². The standard InChI is InChI=1S/C19H24ClNO3/c1-3-23-18-6-4-5-16(12-21-11-14(2)22)19(18)24-13-15-7-9-17(20)10-8-15/h4-10,14,21-22H,3,11-13H2,1-2H3. The number of aliphatic hydroxyl groups excluding tert-OH is 1. The number of para-hydroxylation sites is 1. The molecule has 0 bridgehead atoms. The molecule has 1 atom stereocenters. The maximum absolute atomic E-state index is 9.38. The summed E-state index contributed by atoms with van der Waals surface area (Å²) >= 11 is 5.91. The van der Waals surface area contributed by atoms with Crippen LogP contribution in [0.1, 0.15) is 25.0 Å². The highest BCUT2D eigenvalue weighted by Gasteiger charge is 2.11. The molecule has 0 saturated heterocycles. The van der Waals surface area contributed by atoms with Crippen molar-refractivity contribution >= 4 is 11.6 Å². The van der Waals surface area contributed by atoms with Gasteiger partial charge >= 0.3 is 0 Å². The molecule has 0 aliphatic carbocycles. The molecule has 2 aromatic rings. The molecule has 0 fully saturated rings. The number of aliphatic hydroxyl groups is 1. The van der Waals surface area contributed by atoms with Crippen LogP contribution in [0, 0.1) is 0 Å². The third-order valence-corrected chi connectivity index (χ3v) is 3.66. The first kappa shape index (κ1) is 18.6. The molecule has 24 heavy (non-hydrogen) atoms. The largest absolute Gasteiger partial charge is 0.490 e. The lowest BCUT2D eigenvalue weighted by Gasteiger charge is -2.17. The number of benzene rings is 2. The lowest BCUT2D eigenvalue weighted by atomic mass is 10.1. The summed E-state index contributed by atoms with van der Waals surface area (Å²) in [5, 5.41) is 13.3. The first-order chi connectivity index (χ1) is 11.6. The molecule has 0 radical (unpaired) electrons. The van der Waals surface area contributed by atoms with Crippen LogP contribution in [0.15, 0.2) is 42.5 Å². The molecule has 0 spiro atoms. The van der Waals surface area contributed by atoms with E-state index in [0.717, 1.165) is 22.6 Å². The van der Waals surface area contributed by atoms with E-state index in [-0.39, 0.29) is 0 Å². The minimum atomic E-state index is -0.390. The van der Waals surface area contributed by atoms with Crippen LogP contribution in [0.4, 0.5) is 0 Å². The first-order valence-corrected chi connectivity index (χ1v) is 8.48. The van der Waals surface area contributed by atoms with Gasteiger partial charge in [-0.25, -0.2) is 0 Å². The minimum absolute atomic E-state index is 0.390. The van der Waals surface area contributed by atoms with Crippen LogP contribution in [-0.2, 0) is 13.2 Å². The number of hydrogen-bond acceptors (Lipinski definition) is 4. The summed E-state index contributed by atoms with van der Waals surface area (Å²) in [7, 11) is 0. The van der Waals surface area contributed by atoms with Gasteiger partial charge in [-0.2, -0.15) is 0 Å². The zero-order valence-corrected chi connectivity index (χ0v) is 14.8. The molecule has 0 saturated carbocycles. The average molecular weight is 350 g/mol. The van der Waals surface area contributed by atoms with Gasteiger partial charge in [0.25, 0.3) is 0 Å². The summed E-state index contributed by atoms with van der Waals surface area (Å²) in [5.74, 6) is 1.45. The van der Waals surface area contributed by atoms with E-state index in [4.69, 9.17) is 21.1 Å². The summed E-state index contributed by atoms with van der Waals surface area (Å²) in [6, 6.07) is 13.4. The molecule has 0 aliphatic heterocycles. The van der Waals surface area contributed by atoms with Crippen molar-refractivity contribution in [2.75, 3.05) is 13.2 Å². The van der Waals surface area contributed by atoms with Gasteiger partial charge in [0, 0.05) is 23.7 Å². The second-order valence-corrected chi connectivity index (χ2v) is 6.01. The number of halogens is 1. The SMILES string of the molecule is CCOc1cccc(CNCC(C)O)c1OCc1ccc(Cl)cc1. The molecule has 0 aromatic heterocycles. The fourth-order valence-electron chi connectivity index (χ4n) is 2.29. The van der Waals surface area contributed by atoms with Crippen molar-refractivity contribution in [1.82, 2.24) is 5.32 Å². The zero-order valence-electron chi connectivity index (χ0n) is 14.1. The predicted molar refractivity (Wildman–Crippen MR) is 96.8 cm³/mol. The normalized spacial score (nSPS) is 12.0. The number of hydrogen-bond donors (Lipinski definition) is 2. The van der Waals surface area contributed by atoms with Gasteiger partial charge in [-0.05, 0) is 37.6 Å². The number of nitrogens with one attached hydrogen (secondary N) is 1. The van der Waals surface area contributed by atoms with Crippen LogP contribution in [0.25, 0.3) is 0 Å². The Hall–Kier alpha value is -1.75. The van der Waals surface area contributed by atoms with E-state index in [1.54, 1.807) is 6.92 Å². The fourth-order valence-corrected chi connectivity index (χ4v) is 2.41. The molecule has 0 aliphatic rings. The highest BCUT2D eigenvalue weighted by Crippen LogP contribution is 2.32. The zero-order chi connectivity index (χ0) is 17.4. The Balaban J connectivity index is 2.12. The summed E-state index contributed by atoms with van der Waals surface area (Å²) in [4.78, 5) is 0. The van der Waals surface area contributed by atoms with Gasteiger partial charge in [0.1, 0.15) is 6.61 Å². The summed E-state index contributed by atoms with van der Waals surface area (Å²) in [6.07, 6.45) is -0.390. The van der Waals surface area contributed by atoms with Crippen molar-refractivity contribution in [3.8, 4) is 11.5 Å². The Labute approximate surface area is 148 Å². The molecule has 2 rings (SSSR count). The highest BCUT2D eigenvalue weighted by molar-refractivity contribution is 6.30. The Kier molecular flexibility index (Phi) is 7.37. The van der Waals surface area contributed by atoms with Crippen molar-refractivity contribution in [2.45, 2.75) is 33.1 Å². The van der Waals surface area contributed by atoms with Crippen LogP contribution < -0.4 is 14.8 Å². The Morgan fingerprint density at radius 3 is 2.54 bits per heavy atom. The molecule has 2 aromatic carbocycles. The van der Waals surface area contributed by atoms with Crippen LogP contribution >= 0.6 is 11.6 Å². The van der Waals surface area contributed by atoms with E-state index in [9.17, 15) is 5.11 Å². The molecule has 5 heteroatoms. The van der Waals surface area contributed by atoms with Gasteiger partial charge in [0.15, 0.2) is 11.5 Å². The van der Waals surface area contributed by atoms with E-state index in [2.05, 4.69) is 5.32 Å². The topological polar surface area (TPSA) is 50.7 Å². The second-order valence-electron chi connectivity index (χ2n) is 5.57. The van der Waals surface area contributed by atoms with Crippen LogP contribution in [0.3, 0.4) is 0 Å². The van der Waals surface area contributed by atoms with E-state index in [1.165, 1.54) is 0 Å². The third kappa shape index (κ3) is 5.71. The quantitative estimate of drug-likeness (QED) is 0.723. The second kappa shape index (κ2) is 9.52. The molecular formula is C19H24ClNO3. The predicted octanol–water partition coefficient (Wildman–Crippen LogP) is 3.79. The molecule has 2 N–H and O–H groups in total. The van der Waals surface area contributed by atoms with Gasteiger partial charge in [0.2, 0.25) is 0 Å².